The molecule has 2 aromatic heterocycles. The number of aromatic nitrogens is 2. The lowest BCUT2D eigenvalue weighted by molar-refractivity contribution is 1.14. The van der Waals surface area contributed by atoms with Crippen molar-refractivity contribution in [3.8, 4) is 0 Å². The second kappa shape index (κ2) is 3.95. The van der Waals surface area contributed by atoms with Gasteiger partial charge in [0.1, 0.15) is 0 Å². The van der Waals surface area contributed by atoms with Gasteiger partial charge in [-0.2, -0.15) is 0 Å². The van der Waals surface area contributed by atoms with Crippen molar-refractivity contribution < 1.29 is 0 Å². The molecule has 1 aromatic carbocycles. The zero-order valence-electron chi connectivity index (χ0n) is 10.8. The molecular formula is C15H15N3. The normalized spacial score (nSPS) is 11.1. The van der Waals surface area contributed by atoms with Crippen LogP contribution in [0.5, 0.6) is 0 Å². The highest BCUT2D eigenvalue weighted by molar-refractivity contribution is 6.01. The number of anilines is 1. The van der Waals surface area contributed by atoms with Gasteiger partial charge in [0.25, 0.3) is 0 Å². The lowest BCUT2D eigenvalue weighted by Gasteiger charge is -2.15. The van der Waals surface area contributed by atoms with Crippen molar-refractivity contribution in [2.24, 2.45) is 0 Å². The summed E-state index contributed by atoms with van der Waals surface area (Å²) in [5.41, 5.74) is 4.43. The highest BCUT2D eigenvalue weighted by atomic mass is 15.1. The molecule has 3 heteroatoms. The van der Waals surface area contributed by atoms with Crippen molar-refractivity contribution >= 4 is 27.5 Å². The number of rotatable bonds is 1. The maximum absolute atomic E-state index is 4.44. The molecule has 0 bridgehead atoms. The fraction of sp³-hybridized carbons (Fsp3) is 0.200. The monoisotopic (exact) mass is 237 g/mol. The van der Waals surface area contributed by atoms with Gasteiger partial charge in [0.2, 0.25) is 0 Å². The molecule has 0 amide bonds. The van der Waals surface area contributed by atoms with E-state index in [0.29, 0.717) is 0 Å². The zero-order valence-corrected chi connectivity index (χ0v) is 10.8. The molecule has 2 heterocycles. The highest BCUT2D eigenvalue weighted by Gasteiger charge is 2.07. The van der Waals surface area contributed by atoms with Gasteiger partial charge in [0.15, 0.2) is 0 Å². The molecule has 0 N–H and O–H groups in total. The Balaban J connectivity index is 2.46. The zero-order chi connectivity index (χ0) is 12.7. The van der Waals surface area contributed by atoms with E-state index in [9.17, 15) is 0 Å². The number of hydrogen-bond donors (Lipinski definition) is 0. The molecule has 0 saturated heterocycles. The first-order valence-electron chi connectivity index (χ1n) is 5.98. The Labute approximate surface area is 106 Å². The van der Waals surface area contributed by atoms with Crippen molar-refractivity contribution in [3.63, 3.8) is 0 Å². The lowest BCUT2D eigenvalue weighted by Crippen LogP contribution is -2.09. The van der Waals surface area contributed by atoms with Crippen molar-refractivity contribution in [1.29, 1.82) is 0 Å². The predicted octanol–water partition coefficient (Wildman–Crippen LogP) is 3.16. The van der Waals surface area contributed by atoms with E-state index < -0.39 is 0 Å². The highest BCUT2D eigenvalue weighted by Crippen LogP contribution is 2.28. The van der Waals surface area contributed by atoms with Crippen LogP contribution < -0.4 is 4.90 Å². The maximum atomic E-state index is 4.44. The van der Waals surface area contributed by atoms with E-state index in [2.05, 4.69) is 48.0 Å². The average Bonchev–Trinajstić information content (AvgIpc) is 2.36. The average molecular weight is 237 g/mol. The minimum Gasteiger partial charge on any atom is -0.377 e. The van der Waals surface area contributed by atoms with Crippen molar-refractivity contribution in [1.82, 2.24) is 9.97 Å². The van der Waals surface area contributed by atoms with Gasteiger partial charge in [-0.15, -0.1) is 0 Å². The number of benzene rings is 1. The predicted molar refractivity (Wildman–Crippen MR) is 76.1 cm³/mol. The molecule has 0 spiro atoms. The van der Waals surface area contributed by atoms with Crippen LogP contribution >= 0.6 is 0 Å². The molecule has 3 aromatic rings. The Morgan fingerprint density at radius 3 is 2.28 bits per heavy atom. The Bertz CT molecular complexity index is 732. The standard InChI is InChI=1S/C15H15N3/c1-10-4-6-16-13-9-14-12(8-11(10)13)15(18(2)3)5-7-17-14/h4-9H,1-3H3. The summed E-state index contributed by atoms with van der Waals surface area (Å²) in [4.78, 5) is 11.0. The molecule has 0 aliphatic rings. The van der Waals surface area contributed by atoms with Gasteiger partial charge in [-0.1, -0.05) is 0 Å². The Hall–Kier alpha value is -2.16. The van der Waals surface area contributed by atoms with Crippen molar-refractivity contribution in [2.75, 3.05) is 19.0 Å². The summed E-state index contributed by atoms with van der Waals surface area (Å²) < 4.78 is 0. The molecule has 3 nitrogen and oxygen atoms in total. The molecule has 0 aliphatic carbocycles. The first kappa shape index (κ1) is 11.0. The largest absolute Gasteiger partial charge is 0.377 e. The van der Waals surface area contributed by atoms with Crippen LogP contribution in [0.25, 0.3) is 21.8 Å². The van der Waals surface area contributed by atoms with Crippen LogP contribution in [-0.4, -0.2) is 24.1 Å². The van der Waals surface area contributed by atoms with Crippen molar-refractivity contribution in [3.05, 3.63) is 42.2 Å². The summed E-state index contributed by atoms with van der Waals surface area (Å²) in [5.74, 6) is 0. The van der Waals surface area contributed by atoms with E-state index in [0.717, 1.165) is 11.0 Å². The SMILES string of the molecule is Cc1ccnc2cc3nccc(N(C)C)c3cc12. The van der Waals surface area contributed by atoms with Gasteiger partial charge in [0, 0.05) is 42.9 Å². The molecule has 90 valence electrons. The van der Waals surface area contributed by atoms with Gasteiger partial charge in [0.05, 0.1) is 11.0 Å². The molecule has 0 unspecified atom stereocenters. The van der Waals surface area contributed by atoms with Crippen LogP contribution in [0.15, 0.2) is 36.7 Å². The molecule has 0 radical (unpaired) electrons. The minimum absolute atomic E-state index is 0.992. The van der Waals surface area contributed by atoms with E-state index in [-0.39, 0.29) is 0 Å². The van der Waals surface area contributed by atoms with E-state index in [1.165, 1.54) is 22.0 Å². The third-order valence-electron chi connectivity index (χ3n) is 3.28. The van der Waals surface area contributed by atoms with E-state index in [1.54, 1.807) is 0 Å². The molecule has 0 fully saturated rings. The quantitative estimate of drug-likeness (QED) is 0.609. The van der Waals surface area contributed by atoms with Crippen LogP contribution in [0, 0.1) is 6.92 Å². The Kier molecular flexibility index (Phi) is 2.40. The summed E-state index contributed by atoms with van der Waals surface area (Å²) in [6, 6.07) is 8.33. The Morgan fingerprint density at radius 1 is 0.889 bits per heavy atom. The molecule has 3 rings (SSSR count). The second-order valence-corrected chi connectivity index (χ2v) is 4.74. The van der Waals surface area contributed by atoms with E-state index in [1.807, 2.05) is 24.5 Å². The first-order chi connectivity index (χ1) is 8.66. The number of pyridine rings is 2. The van der Waals surface area contributed by atoms with Crippen molar-refractivity contribution in [2.45, 2.75) is 6.92 Å². The van der Waals surface area contributed by atoms with Crippen LogP contribution in [0.2, 0.25) is 0 Å². The van der Waals surface area contributed by atoms with Crippen LogP contribution in [0.3, 0.4) is 0 Å². The summed E-state index contributed by atoms with van der Waals surface area (Å²) in [5, 5.41) is 2.37. The van der Waals surface area contributed by atoms with Crippen LogP contribution in [0.1, 0.15) is 5.56 Å². The molecule has 0 atom stereocenters. The molecule has 0 saturated carbocycles. The Morgan fingerprint density at radius 2 is 1.56 bits per heavy atom. The summed E-state index contributed by atoms with van der Waals surface area (Å²) in [6.45, 7) is 2.11. The van der Waals surface area contributed by atoms with Gasteiger partial charge in [-0.05, 0) is 36.8 Å². The fourth-order valence-electron chi connectivity index (χ4n) is 2.30. The van der Waals surface area contributed by atoms with Gasteiger partial charge in [-0.25, -0.2) is 0 Å². The topological polar surface area (TPSA) is 29.0 Å². The number of hydrogen-bond acceptors (Lipinski definition) is 3. The van der Waals surface area contributed by atoms with Gasteiger partial charge < -0.3 is 4.90 Å². The maximum Gasteiger partial charge on any atom is 0.0744 e. The fourth-order valence-corrected chi connectivity index (χ4v) is 2.30. The third-order valence-corrected chi connectivity index (χ3v) is 3.28. The minimum atomic E-state index is 0.992. The molecule has 18 heavy (non-hydrogen) atoms. The van der Waals surface area contributed by atoms with Gasteiger partial charge in [-0.3, -0.25) is 9.97 Å². The lowest BCUT2D eigenvalue weighted by atomic mass is 10.1. The number of fused-ring (bicyclic) bond motifs is 2. The van der Waals surface area contributed by atoms with Crippen LogP contribution in [-0.2, 0) is 0 Å². The summed E-state index contributed by atoms with van der Waals surface area (Å²) in [7, 11) is 4.10. The number of aryl methyl sites for hydroxylation is 1. The number of nitrogens with zero attached hydrogens (tertiary/aromatic N) is 3. The van der Waals surface area contributed by atoms with Crippen LogP contribution in [0.4, 0.5) is 5.69 Å². The summed E-state index contributed by atoms with van der Waals surface area (Å²) in [6.07, 6.45) is 3.69. The smallest absolute Gasteiger partial charge is 0.0744 e. The molecule has 0 aliphatic heterocycles. The third kappa shape index (κ3) is 1.59. The first-order valence-corrected chi connectivity index (χ1v) is 5.98. The van der Waals surface area contributed by atoms with E-state index in [4.69, 9.17) is 0 Å². The van der Waals surface area contributed by atoms with Gasteiger partial charge >= 0.3 is 0 Å². The van der Waals surface area contributed by atoms with E-state index >= 15 is 0 Å². The summed E-state index contributed by atoms with van der Waals surface area (Å²) >= 11 is 0. The molecular weight excluding hydrogens is 222 g/mol. The second-order valence-electron chi connectivity index (χ2n) is 4.74.